The molecule has 29 heavy (non-hydrogen) atoms. The molecule has 0 fully saturated rings. The molecule has 0 aliphatic heterocycles. The topological polar surface area (TPSA) is 57.5 Å². The molecule has 1 atom stereocenters. The quantitative estimate of drug-likeness (QED) is 0.132. The van der Waals surface area contributed by atoms with Crippen molar-refractivity contribution in [1.82, 2.24) is 0 Å². The largest absolute Gasteiger partial charge is 0.478 e. The van der Waals surface area contributed by atoms with Crippen LogP contribution < -0.4 is 0 Å². The van der Waals surface area contributed by atoms with Crippen LogP contribution in [0.15, 0.2) is 12.2 Å². The zero-order valence-electron chi connectivity index (χ0n) is 19.4. The van der Waals surface area contributed by atoms with E-state index in [1.807, 2.05) is 0 Å². The molecule has 2 N–H and O–H groups in total. The number of hydrogen-bond donors (Lipinski definition) is 2. The molecule has 0 saturated carbocycles. The molecule has 0 spiro atoms. The fraction of sp³-hybridized carbons (Fsp3) is 0.885. The lowest BCUT2D eigenvalue weighted by atomic mass is 10.0. The first-order valence-electron chi connectivity index (χ1n) is 12.8. The van der Waals surface area contributed by atoms with E-state index < -0.39 is 12.1 Å². The fourth-order valence-electron chi connectivity index (χ4n) is 3.90. The van der Waals surface area contributed by atoms with Crippen molar-refractivity contribution in [3.8, 4) is 0 Å². The van der Waals surface area contributed by atoms with Crippen LogP contribution in [0.2, 0.25) is 0 Å². The molecule has 0 saturated heterocycles. The van der Waals surface area contributed by atoms with E-state index in [4.69, 9.17) is 5.11 Å². The number of unbranched alkanes of at least 4 members (excludes halogenated alkanes) is 19. The first-order chi connectivity index (χ1) is 14.2. The van der Waals surface area contributed by atoms with Crippen LogP contribution in [0, 0.1) is 0 Å². The van der Waals surface area contributed by atoms with E-state index in [1.165, 1.54) is 122 Å². The maximum Gasteiger partial charge on any atom is 0.328 e. The van der Waals surface area contributed by atoms with Gasteiger partial charge >= 0.3 is 5.97 Å². The molecule has 3 heteroatoms. The van der Waals surface area contributed by atoms with Crippen LogP contribution in [0.4, 0.5) is 0 Å². The number of carbonyl (C=O) groups is 1. The SMILES string of the molecule is CCCCCCCCCCCCCCCCCCCCCCC(O)C=CC(=O)O. The van der Waals surface area contributed by atoms with Crippen LogP contribution in [0.25, 0.3) is 0 Å². The maximum absolute atomic E-state index is 10.4. The number of rotatable bonds is 23. The highest BCUT2D eigenvalue weighted by Gasteiger charge is 2.00. The third kappa shape index (κ3) is 25.1. The molecule has 0 aromatic heterocycles. The zero-order chi connectivity index (χ0) is 21.4. The van der Waals surface area contributed by atoms with Crippen molar-refractivity contribution in [2.45, 2.75) is 148 Å². The minimum Gasteiger partial charge on any atom is -0.478 e. The van der Waals surface area contributed by atoms with Gasteiger partial charge in [0.15, 0.2) is 0 Å². The van der Waals surface area contributed by atoms with Crippen LogP contribution in [-0.2, 0) is 4.79 Å². The van der Waals surface area contributed by atoms with Gasteiger partial charge in [-0.1, -0.05) is 135 Å². The molecule has 0 bridgehead atoms. The average molecular weight is 411 g/mol. The highest BCUT2D eigenvalue weighted by molar-refractivity contribution is 5.79. The summed E-state index contributed by atoms with van der Waals surface area (Å²) in [5.41, 5.74) is 0. The predicted molar refractivity (Wildman–Crippen MR) is 125 cm³/mol. The van der Waals surface area contributed by atoms with Crippen molar-refractivity contribution in [2.75, 3.05) is 0 Å². The Labute approximate surface area is 181 Å². The Kier molecular flexibility index (Phi) is 22.8. The number of aliphatic hydroxyl groups excluding tert-OH is 1. The molecule has 0 aliphatic carbocycles. The molecule has 0 rings (SSSR count). The summed E-state index contributed by atoms with van der Waals surface area (Å²) < 4.78 is 0. The Hall–Kier alpha value is -0.830. The molecule has 1 unspecified atom stereocenters. The highest BCUT2D eigenvalue weighted by Crippen LogP contribution is 2.15. The third-order valence-corrected chi connectivity index (χ3v) is 5.81. The number of aliphatic carboxylic acids is 1. The Morgan fingerprint density at radius 1 is 0.621 bits per heavy atom. The molecule has 0 heterocycles. The summed E-state index contributed by atoms with van der Waals surface area (Å²) in [7, 11) is 0. The predicted octanol–water partition coefficient (Wildman–Crippen LogP) is 8.20. The van der Waals surface area contributed by atoms with Crippen molar-refractivity contribution in [3.05, 3.63) is 12.2 Å². The van der Waals surface area contributed by atoms with Crippen molar-refractivity contribution in [2.24, 2.45) is 0 Å². The van der Waals surface area contributed by atoms with Gasteiger partial charge in [0, 0.05) is 6.08 Å². The van der Waals surface area contributed by atoms with Gasteiger partial charge in [-0.05, 0) is 12.5 Å². The van der Waals surface area contributed by atoms with E-state index in [1.54, 1.807) is 0 Å². The lowest BCUT2D eigenvalue weighted by molar-refractivity contribution is -0.131. The van der Waals surface area contributed by atoms with E-state index in [2.05, 4.69) is 6.92 Å². The van der Waals surface area contributed by atoms with Gasteiger partial charge < -0.3 is 10.2 Å². The van der Waals surface area contributed by atoms with Crippen molar-refractivity contribution in [1.29, 1.82) is 0 Å². The molecule has 0 radical (unpaired) electrons. The van der Waals surface area contributed by atoms with Gasteiger partial charge in [0.2, 0.25) is 0 Å². The smallest absolute Gasteiger partial charge is 0.328 e. The molecule has 3 nitrogen and oxygen atoms in total. The van der Waals surface area contributed by atoms with Gasteiger partial charge in [-0.2, -0.15) is 0 Å². The second-order valence-electron chi connectivity index (χ2n) is 8.77. The van der Waals surface area contributed by atoms with Crippen LogP contribution in [0.1, 0.15) is 142 Å². The number of carboxylic acid groups (broad SMARTS) is 1. The standard InChI is InChI=1S/C26H50O3/c1-2-3-4-5-6-7-8-9-10-11-12-13-14-15-16-17-18-19-20-21-22-25(27)23-24-26(28)29/h23-25,27H,2-22H2,1H3,(H,28,29). The lowest BCUT2D eigenvalue weighted by Crippen LogP contribution is -2.03. The van der Waals surface area contributed by atoms with Crippen LogP contribution in [0.3, 0.4) is 0 Å². The molecule has 0 aliphatic rings. The van der Waals surface area contributed by atoms with Gasteiger partial charge in [0.25, 0.3) is 0 Å². The Balaban J connectivity index is 3.11. The van der Waals surface area contributed by atoms with Gasteiger partial charge in [0.1, 0.15) is 0 Å². The molecule has 0 aromatic rings. The van der Waals surface area contributed by atoms with Gasteiger partial charge in [-0.3, -0.25) is 0 Å². The lowest BCUT2D eigenvalue weighted by Gasteiger charge is -2.05. The van der Waals surface area contributed by atoms with E-state index in [0.717, 1.165) is 18.9 Å². The average Bonchev–Trinajstić information content (AvgIpc) is 2.70. The Bertz CT molecular complexity index is 365. The monoisotopic (exact) mass is 410 g/mol. The minimum atomic E-state index is -0.993. The van der Waals surface area contributed by atoms with Gasteiger partial charge in [-0.25, -0.2) is 4.79 Å². The van der Waals surface area contributed by atoms with Gasteiger partial charge in [0.05, 0.1) is 6.10 Å². The van der Waals surface area contributed by atoms with Crippen LogP contribution >= 0.6 is 0 Å². The summed E-state index contributed by atoms with van der Waals surface area (Å²) in [5, 5.41) is 18.1. The first-order valence-corrected chi connectivity index (χ1v) is 12.8. The number of aliphatic hydroxyl groups is 1. The van der Waals surface area contributed by atoms with E-state index in [0.29, 0.717) is 6.42 Å². The molecule has 172 valence electrons. The minimum absolute atomic E-state index is 0.610. The Morgan fingerprint density at radius 3 is 1.24 bits per heavy atom. The number of carboxylic acids is 1. The second-order valence-corrected chi connectivity index (χ2v) is 8.77. The van der Waals surface area contributed by atoms with Gasteiger partial charge in [-0.15, -0.1) is 0 Å². The van der Waals surface area contributed by atoms with Crippen molar-refractivity contribution < 1.29 is 15.0 Å². The summed E-state index contributed by atoms with van der Waals surface area (Å²) in [6.45, 7) is 2.28. The summed E-state index contributed by atoms with van der Waals surface area (Å²) in [6.07, 6.45) is 29.7. The van der Waals surface area contributed by atoms with Crippen LogP contribution in [-0.4, -0.2) is 22.3 Å². The second kappa shape index (κ2) is 23.4. The third-order valence-electron chi connectivity index (χ3n) is 5.81. The van der Waals surface area contributed by atoms with Crippen molar-refractivity contribution >= 4 is 5.97 Å². The first kappa shape index (κ1) is 28.2. The van der Waals surface area contributed by atoms with Crippen LogP contribution in [0.5, 0.6) is 0 Å². The molecular formula is C26H50O3. The van der Waals surface area contributed by atoms with E-state index in [-0.39, 0.29) is 0 Å². The number of hydrogen-bond acceptors (Lipinski definition) is 2. The zero-order valence-corrected chi connectivity index (χ0v) is 19.4. The van der Waals surface area contributed by atoms with E-state index >= 15 is 0 Å². The highest BCUT2D eigenvalue weighted by atomic mass is 16.4. The fourth-order valence-corrected chi connectivity index (χ4v) is 3.90. The molecule has 0 amide bonds. The van der Waals surface area contributed by atoms with Crippen molar-refractivity contribution in [3.63, 3.8) is 0 Å². The summed E-state index contributed by atoms with van der Waals surface area (Å²) in [6, 6.07) is 0. The summed E-state index contributed by atoms with van der Waals surface area (Å²) in [5.74, 6) is -0.993. The Morgan fingerprint density at radius 2 is 0.931 bits per heavy atom. The van der Waals surface area contributed by atoms with E-state index in [9.17, 15) is 9.90 Å². The molecule has 0 aromatic carbocycles. The normalized spacial score (nSPS) is 12.6. The summed E-state index contributed by atoms with van der Waals surface area (Å²) in [4.78, 5) is 10.4. The summed E-state index contributed by atoms with van der Waals surface area (Å²) >= 11 is 0. The molecular weight excluding hydrogens is 360 g/mol. The maximum atomic E-state index is 10.4.